The van der Waals surface area contributed by atoms with Gasteiger partial charge in [-0.15, -0.1) is 0 Å². The molecule has 0 radical (unpaired) electrons. The topological polar surface area (TPSA) is 100 Å². The second-order valence-corrected chi connectivity index (χ2v) is 7.17. The van der Waals surface area contributed by atoms with Crippen LogP contribution in [0.15, 0.2) is 47.5 Å². The number of nitriles is 1. The van der Waals surface area contributed by atoms with Crippen molar-refractivity contribution in [2.75, 3.05) is 19.5 Å². The number of ether oxygens (including phenoxy) is 2. The molecule has 0 saturated carbocycles. The van der Waals surface area contributed by atoms with E-state index in [0.29, 0.717) is 32.9 Å². The molecule has 1 aromatic heterocycles. The lowest BCUT2D eigenvalue weighted by atomic mass is 10.2. The predicted octanol–water partition coefficient (Wildman–Crippen LogP) is 4.50. The third kappa shape index (κ3) is 4.65. The van der Waals surface area contributed by atoms with Crippen molar-refractivity contribution in [3.05, 3.63) is 64.2 Å². The van der Waals surface area contributed by atoms with Crippen LogP contribution in [0.25, 0.3) is 0 Å². The molecule has 0 saturated heterocycles. The van der Waals surface area contributed by atoms with Crippen molar-refractivity contribution in [1.82, 2.24) is 10.2 Å². The Bertz CT molecular complexity index is 1080. The van der Waals surface area contributed by atoms with Crippen LogP contribution in [0.3, 0.4) is 0 Å². The highest BCUT2D eigenvalue weighted by Crippen LogP contribution is 2.31. The van der Waals surface area contributed by atoms with Gasteiger partial charge in [0.15, 0.2) is 11.5 Å². The summed E-state index contributed by atoms with van der Waals surface area (Å²) in [7, 11) is 3.01. The minimum absolute atomic E-state index is 0.231. The lowest BCUT2D eigenvalue weighted by molar-refractivity contribution is 0.102. The number of anilines is 1. The average molecular weight is 429 g/mol. The molecular formula is C20H17ClN4O3S. The number of nitrogens with zero attached hydrogens (tertiary/aromatic N) is 2. The summed E-state index contributed by atoms with van der Waals surface area (Å²) in [6.07, 6.45) is 0. The molecular weight excluding hydrogens is 412 g/mol. The second-order valence-electron chi connectivity index (χ2n) is 5.79. The predicted molar refractivity (Wildman–Crippen MR) is 112 cm³/mol. The molecule has 0 atom stereocenters. The molecule has 29 heavy (non-hydrogen) atoms. The fourth-order valence-corrected chi connectivity index (χ4v) is 3.78. The zero-order valence-corrected chi connectivity index (χ0v) is 17.2. The molecule has 3 rings (SSSR count). The number of aromatic nitrogens is 2. The number of thioether (sulfide) groups is 1. The number of H-pyrrole nitrogens is 1. The number of aromatic amines is 1. The molecule has 1 heterocycles. The number of carbonyl (C=O) groups excluding carboxylic acids is 1. The van der Waals surface area contributed by atoms with Gasteiger partial charge in [0, 0.05) is 16.3 Å². The van der Waals surface area contributed by atoms with Gasteiger partial charge in [-0.2, -0.15) is 10.4 Å². The van der Waals surface area contributed by atoms with E-state index in [1.165, 1.54) is 26.0 Å². The standard InChI is InChI=1S/C20H17ClN4O3S/c1-27-16-8-7-12(9-17(16)28-2)19(26)23-18-14(10-22)20(25-24-18)29-11-13-5-3-4-6-15(13)21/h3-9H,11H2,1-2H3,(H2,23,24,25,26). The van der Waals surface area contributed by atoms with Gasteiger partial charge in [0.1, 0.15) is 22.5 Å². The first-order chi connectivity index (χ1) is 14.1. The lowest BCUT2D eigenvalue weighted by Gasteiger charge is -2.09. The van der Waals surface area contributed by atoms with Gasteiger partial charge in [-0.05, 0) is 29.8 Å². The smallest absolute Gasteiger partial charge is 0.256 e. The molecule has 0 fully saturated rings. The Morgan fingerprint density at radius 2 is 2.00 bits per heavy atom. The summed E-state index contributed by atoms with van der Waals surface area (Å²) in [5, 5.41) is 20.2. The first-order valence-electron chi connectivity index (χ1n) is 8.45. The van der Waals surface area contributed by atoms with E-state index in [-0.39, 0.29) is 11.4 Å². The third-order valence-electron chi connectivity index (χ3n) is 4.05. The summed E-state index contributed by atoms with van der Waals surface area (Å²) >= 11 is 7.53. The van der Waals surface area contributed by atoms with Crippen molar-refractivity contribution in [2.24, 2.45) is 0 Å². The summed E-state index contributed by atoms with van der Waals surface area (Å²) in [6.45, 7) is 0. The van der Waals surface area contributed by atoms with Gasteiger partial charge >= 0.3 is 0 Å². The van der Waals surface area contributed by atoms with Gasteiger partial charge in [0.2, 0.25) is 0 Å². The largest absolute Gasteiger partial charge is 0.493 e. The van der Waals surface area contributed by atoms with Crippen molar-refractivity contribution >= 4 is 35.1 Å². The van der Waals surface area contributed by atoms with Crippen molar-refractivity contribution in [3.63, 3.8) is 0 Å². The number of hydrogen-bond donors (Lipinski definition) is 2. The van der Waals surface area contributed by atoms with Crippen LogP contribution in [0, 0.1) is 11.3 Å². The van der Waals surface area contributed by atoms with Crippen LogP contribution in [0.4, 0.5) is 5.82 Å². The molecule has 3 aromatic rings. The van der Waals surface area contributed by atoms with Gasteiger partial charge in [-0.1, -0.05) is 41.6 Å². The van der Waals surface area contributed by atoms with Crippen LogP contribution in [0.2, 0.25) is 5.02 Å². The number of halogens is 1. The van der Waals surface area contributed by atoms with E-state index in [1.54, 1.807) is 18.2 Å². The summed E-state index contributed by atoms with van der Waals surface area (Å²) in [4.78, 5) is 12.6. The summed E-state index contributed by atoms with van der Waals surface area (Å²) in [5.74, 6) is 1.31. The minimum Gasteiger partial charge on any atom is -0.493 e. The van der Waals surface area contributed by atoms with Gasteiger partial charge < -0.3 is 14.8 Å². The van der Waals surface area contributed by atoms with Crippen LogP contribution in [-0.4, -0.2) is 30.3 Å². The first kappa shape index (κ1) is 20.6. The first-order valence-corrected chi connectivity index (χ1v) is 9.81. The molecule has 0 aliphatic heterocycles. The molecule has 7 nitrogen and oxygen atoms in total. The van der Waals surface area contributed by atoms with Crippen molar-refractivity contribution in [1.29, 1.82) is 5.26 Å². The Labute approximate surface area is 177 Å². The highest BCUT2D eigenvalue weighted by atomic mass is 35.5. The van der Waals surface area contributed by atoms with Crippen LogP contribution < -0.4 is 14.8 Å². The Morgan fingerprint density at radius 1 is 1.24 bits per heavy atom. The molecule has 148 valence electrons. The normalized spacial score (nSPS) is 10.3. The van der Waals surface area contributed by atoms with Crippen molar-refractivity contribution < 1.29 is 14.3 Å². The fourth-order valence-electron chi connectivity index (χ4n) is 2.55. The Balaban J connectivity index is 1.76. The van der Waals surface area contributed by atoms with Crippen LogP contribution in [0.1, 0.15) is 21.5 Å². The molecule has 1 amide bonds. The van der Waals surface area contributed by atoms with E-state index >= 15 is 0 Å². The highest BCUT2D eigenvalue weighted by molar-refractivity contribution is 7.98. The van der Waals surface area contributed by atoms with Crippen molar-refractivity contribution in [2.45, 2.75) is 10.8 Å². The average Bonchev–Trinajstić information content (AvgIpc) is 3.13. The van der Waals surface area contributed by atoms with Gasteiger partial charge in [0.05, 0.1) is 14.2 Å². The molecule has 0 bridgehead atoms. The number of methoxy groups -OCH3 is 2. The molecule has 9 heteroatoms. The number of carbonyl (C=O) groups is 1. The van der Waals surface area contributed by atoms with Gasteiger partial charge in [-0.3, -0.25) is 9.89 Å². The summed E-state index contributed by atoms with van der Waals surface area (Å²) < 4.78 is 10.4. The Hall–Kier alpha value is -3.15. The van der Waals surface area contributed by atoms with Crippen LogP contribution >= 0.6 is 23.4 Å². The summed E-state index contributed by atoms with van der Waals surface area (Å²) in [5.41, 5.74) is 1.55. The molecule has 0 unspecified atom stereocenters. The monoisotopic (exact) mass is 428 g/mol. The number of amides is 1. The summed E-state index contributed by atoms with van der Waals surface area (Å²) in [6, 6.07) is 14.4. The molecule has 2 aromatic carbocycles. The lowest BCUT2D eigenvalue weighted by Crippen LogP contribution is -2.13. The fraction of sp³-hybridized carbons (Fsp3) is 0.150. The zero-order chi connectivity index (χ0) is 20.8. The molecule has 0 aliphatic rings. The van der Waals surface area contributed by atoms with E-state index in [0.717, 1.165) is 5.56 Å². The van der Waals surface area contributed by atoms with E-state index in [9.17, 15) is 10.1 Å². The number of nitrogens with one attached hydrogen (secondary N) is 2. The zero-order valence-electron chi connectivity index (χ0n) is 15.7. The Morgan fingerprint density at radius 3 is 2.69 bits per heavy atom. The highest BCUT2D eigenvalue weighted by Gasteiger charge is 2.18. The molecule has 0 aliphatic carbocycles. The van der Waals surface area contributed by atoms with Gasteiger partial charge in [0.25, 0.3) is 5.91 Å². The molecule has 2 N–H and O–H groups in total. The van der Waals surface area contributed by atoms with E-state index in [1.807, 2.05) is 24.3 Å². The van der Waals surface area contributed by atoms with Crippen LogP contribution in [0.5, 0.6) is 11.5 Å². The minimum atomic E-state index is -0.409. The van der Waals surface area contributed by atoms with E-state index in [2.05, 4.69) is 21.6 Å². The van der Waals surface area contributed by atoms with Crippen molar-refractivity contribution in [3.8, 4) is 17.6 Å². The maximum absolute atomic E-state index is 12.6. The Kier molecular flexibility index (Phi) is 6.65. The maximum Gasteiger partial charge on any atom is 0.256 e. The molecule has 0 spiro atoms. The van der Waals surface area contributed by atoms with Gasteiger partial charge in [-0.25, -0.2) is 0 Å². The van der Waals surface area contributed by atoms with E-state index in [4.69, 9.17) is 21.1 Å². The third-order valence-corrected chi connectivity index (χ3v) is 5.44. The van der Waals surface area contributed by atoms with E-state index < -0.39 is 5.91 Å². The van der Waals surface area contributed by atoms with Crippen LogP contribution in [-0.2, 0) is 5.75 Å². The maximum atomic E-state index is 12.6. The number of benzene rings is 2. The number of rotatable bonds is 7. The SMILES string of the molecule is COc1ccc(C(=O)Nc2[nH]nc(SCc3ccccc3Cl)c2C#N)cc1OC. The number of hydrogen-bond acceptors (Lipinski definition) is 6. The second kappa shape index (κ2) is 9.37. The quantitative estimate of drug-likeness (QED) is 0.537.